The zero-order valence-electron chi connectivity index (χ0n) is 21.0. The van der Waals surface area contributed by atoms with Gasteiger partial charge < -0.3 is 24.1 Å². The first kappa shape index (κ1) is 25.3. The van der Waals surface area contributed by atoms with Crippen molar-refractivity contribution in [2.45, 2.75) is 51.8 Å². The van der Waals surface area contributed by atoms with Gasteiger partial charge in [0.1, 0.15) is 11.3 Å². The summed E-state index contributed by atoms with van der Waals surface area (Å²) in [5.74, 6) is -0.208. The number of nitrogens with zero attached hydrogens (tertiary/aromatic N) is 5. The predicted octanol–water partition coefficient (Wildman–Crippen LogP) is 4.12. The van der Waals surface area contributed by atoms with Gasteiger partial charge in [0, 0.05) is 56.3 Å². The van der Waals surface area contributed by atoms with Gasteiger partial charge >= 0.3 is 12.1 Å². The number of halogens is 1. The summed E-state index contributed by atoms with van der Waals surface area (Å²) in [6.07, 6.45) is 6.49. The third-order valence-electron chi connectivity index (χ3n) is 5.78. The van der Waals surface area contributed by atoms with Crippen LogP contribution in [-0.2, 0) is 9.47 Å². The van der Waals surface area contributed by atoms with Crippen molar-refractivity contribution in [1.82, 2.24) is 24.3 Å². The maximum absolute atomic E-state index is 15.7. The molecule has 0 aromatic carbocycles. The maximum Gasteiger partial charge on any atom is 0.410 e. The zero-order valence-corrected chi connectivity index (χ0v) is 21.0. The Labute approximate surface area is 208 Å². The van der Waals surface area contributed by atoms with Crippen molar-refractivity contribution in [3.8, 4) is 11.3 Å². The molecule has 4 heterocycles. The number of likely N-dealkylation sites (tertiary alicyclic amines) is 1. The number of imidazole rings is 1. The van der Waals surface area contributed by atoms with E-state index >= 15 is 4.39 Å². The molecule has 1 amide bonds. The lowest BCUT2D eigenvalue weighted by Crippen LogP contribution is -2.48. The number of aromatic nitrogens is 4. The molecule has 1 N–H and O–H groups in total. The molecule has 1 fully saturated rings. The number of esters is 1. The van der Waals surface area contributed by atoms with Crippen LogP contribution in [0.2, 0.25) is 0 Å². The molecule has 4 rings (SSSR count). The highest BCUT2D eigenvalue weighted by Gasteiger charge is 2.37. The Morgan fingerprint density at radius 3 is 2.47 bits per heavy atom. The third-order valence-corrected chi connectivity index (χ3v) is 5.78. The van der Waals surface area contributed by atoms with Crippen molar-refractivity contribution < 1.29 is 23.5 Å². The Bertz CT molecular complexity index is 1230. The first-order valence-electron chi connectivity index (χ1n) is 11.9. The smallest absolute Gasteiger partial charge is 0.410 e. The molecule has 0 spiro atoms. The number of carbonyl (C=O) groups is 2. The summed E-state index contributed by atoms with van der Waals surface area (Å²) in [7, 11) is 0. The minimum Gasteiger partial charge on any atom is -0.461 e. The molecule has 0 atom stereocenters. The Kier molecular flexibility index (Phi) is 7.09. The normalized spacial score (nSPS) is 15.5. The SMILES string of the molecule is CCOC(=O)c1cn2cc(-c3ccncc3)nc(NCC3(F)CCN(C(=O)OC(C)(C)C)CC3)c2n1. The summed E-state index contributed by atoms with van der Waals surface area (Å²) in [5, 5.41) is 3.10. The molecule has 0 bridgehead atoms. The Hall–Kier alpha value is -3.76. The van der Waals surface area contributed by atoms with Gasteiger partial charge in [-0.2, -0.15) is 0 Å². The van der Waals surface area contributed by atoms with Crippen LogP contribution in [0, 0.1) is 0 Å². The Morgan fingerprint density at radius 2 is 1.83 bits per heavy atom. The van der Waals surface area contributed by atoms with Gasteiger partial charge in [0.2, 0.25) is 0 Å². The number of hydrogen-bond donors (Lipinski definition) is 1. The van der Waals surface area contributed by atoms with Crippen molar-refractivity contribution in [1.29, 1.82) is 0 Å². The van der Waals surface area contributed by atoms with Gasteiger partial charge in [0.05, 0.1) is 18.8 Å². The summed E-state index contributed by atoms with van der Waals surface area (Å²) >= 11 is 0. The van der Waals surface area contributed by atoms with E-state index < -0.39 is 23.3 Å². The van der Waals surface area contributed by atoms with E-state index in [-0.39, 0.29) is 44.8 Å². The fourth-order valence-corrected chi connectivity index (χ4v) is 3.92. The van der Waals surface area contributed by atoms with Gasteiger partial charge in [-0.05, 0) is 39.8 Å². The number of alkyl halides is 1. The van der Waals surface area contributed by atoms with Crippen molar-refractivity contribution in [3.05, 3.63) is 42.6 Å². The van der Waals surface area contributed by atoms with Crippen molar-refractivity contribution >= 4 is 23.5 Å². The van der Waals surface area contributed by atoms with Gasteiger partial charge in [0.25, 0.3) is 0 Å². The van der Waals surface area contributed by atoms with Crippen LogP contribution in [-0.4, -0.2) is 73.8 Å². The van der Waals surface area contributed by atoms with Gasteiger partial charge in [-0.15, -0.1) is 0 Å². The molecule has 0 unspecified atom stereocenters. The van der Waals surface area contributed by atoms with Crippen LogP contribution in [0.1, 0.15) is 51.0 Å². The first-order chi connectivity index (χ1) is 17.1. The molecular weight excluding hydrogens is 467 g/mol. The quantitative estimate of drug-likeness (QED) is 0.506. The number of fused-ring (bicyclic) bond motifs is 1. The number of rotatable bonds is 6. The number of amides is 1. The first-order valence-corrected chi connectivity index (χ1v) is 11.9. The van der Waals surface area contributed by atoms with Crippen LogP contribution in [0.3, 0.4) is 0 Å². The average molecular weight is 499 g/mol. The second-order valence-corrected chi connectivity index (χ2v) is 9.76. The highest BCUT2D eigenvalue weighted by atomic mass is 19.1. The fourth-order valence-electron chi connectivity index (χ4n) is 3.92. The number of anilines is 1. The number of nitrogens with one attached hydrogen (secondary N) is 1. The molecular formula is C25H31FN6O4. The number of piperidine rings is 1. The lowest BCUT2D eigenvalue weighted by molar-refractivity contribution is 0.00572. The topological polar surface area (TPSA) is 111 Å². The molecule has 192 valence electrons. The predicted molar refractivity (Wildman–Crippen MR) is 132 cm³/mol. The van der Waals surface area contributed by atoms with Crippen molar-refractivity contribution in [2.75, 3.05) is 31.6 Å². The lowest BCUT2D eigenvalue weighted by atomic mass is 9.93. The summed E-state index contributed by atoms with van der Waals surface area (Å²) in [4.78, 5) is 39.2. The van der Waals surface area contributed by atoms with Crippen molar-refractivity contribution in [2.24, 2.45) is 0 Å². The number of hydrogen-bond acceptors (Lipinski definition) is 8. The summed E-state index contributed by atoms with van der Waals surface area (Å²) in [5.41, 5.74) is -0.234. The minimum absolute atomic E-state index is 0.0286. The van der Waals surface area contributed by atoms with Gasteiger partial charge in [0.15, 0.2) is 17.2 Å². The number of ether oxygens (including phenoxy) is 2. The van der Waals surface area contributed by atoms with E-state index in [1.165, 1.54) is 4.90 Å². The molecule has 10 nitrogen and oxygen atoms in total. The lowest BCUT2D eigenvalue weighted by Gasteiger charge is -2.37. The maximum atomic E-state index is 15.7. The van der Waals surface area contributed by atoms with Gasteiger partial charge in [-0.1, -0.05) is 0 Å². The highest BCUT2D eigenvalue weighted by Crippen LogP contribution is 2.29. The third kappa shape index (κ3) is 5.89. The van der Waals surface area contributed by atoms with E-state index in [0.29, 0.717) is 17.2 Å². The standard InChI is InChI=1S/C25H31FN6O4/c1-5-35-22(33)19-15-32-14-18(17-6-10-27-11-7-17)29-20(21(32)30-19)28-16-25(26)8-12-31(13-9-25)23(34)36-24(2,3)4/h6-7,10-11,14-15H,5,8-9,12-13,16H2,1-4H3,(H,28,29). The Morgan fingerprint density at radius 1 is 1.14 bits per heavy atom. The van der Waals surface area contributed by atoms with Gasteiger partial charge in [-0.3, -0.25) is 4.98 Å². The van der Waals surface area contributed by atoms with Crippen LogP contribution in [0.25, 0.3) is 16.9 Å². The average Bonchev–Trinajstić information content (AvgIpc) is 3.27. The van der Waals surface area contributed by atoms with Crippen LogP contribution in [0.5, 0.6) is 0 Å². The minimum atomic E-state index is -1.56. The molecule has 11 heteroatoms. The molecule has 3 aromatic rings. The monoisotopic (exact) mass is 498 g/mol. The highest BCUT2D eigenvalue weighted by molar-refractivity contribution is 5.89. The van der Waals surface area contributed by atoms with E-state index in [4.69, 9.17) is 9.47 Å². The van der Waals surface area contributed by atoms with E-state index in [0.717, 1.165) is 5.56 Å². The number of pyridine rings is 1. The van der Waals surface area contributed by atoms with E-state index in [2.05, 4.69) is 20.3 Å². The second kappa shape index (κ2) is 10.1. The summed E-state index contributed by atoms with van der Waals surface area (Å²) < 4.78 is 27.9. The zero-order chi connectivity index (χ0) is 25.9. The molecule has 0 radical (unpaired) electrons. The van der Waals surface area contributed by atoms with Crippen molar-refractivity contribution in [3.63, 3.8) is 0 Å². The Balaban J connectivity index is 1.54. The van der Waals surface area contributed by atoms with Crippen LogP contribution in [0.15, 0.2) is 36.9 Å². The van der Waals surface area contributed by atoms with Crippen LogP contribution < -0.4 is 5.32 Å². The molecule has 1 aliphatic rings. The van der Waals surface area contributed by atoms with Gasteiger partial charge in [-0.25, -0.2) is 23.9 Å². The van der Waals surface area contributed by atoms with E-state index in [1.807, 2.05) is 12.1 Å². The largest absolute Gasteiger partial charge is 0.461 e. The molecule has 36 heavy (non-hydrogen) atoms. The van der Waals surface area contributed by atoms with Crippen LogP contribution in [0.4, 0.5) is 15.0 Å². The molecule has 0 saturated carbocycles. The fraction of sp³-hybridized carbons (Fsp3) is 0.480. The second-order valence-electron chi connectivity index (χ2n) is 9.76. The molecule has 0 aliphatic carbocycles. The summed E-state index contributed by atoms with van der Waals surface area (Å²) in [6.45, 7) is 7.83. The van der Waals surface area contributed by atoms with E-state index in [9.17, 15) is 9.59 Å². The molecule has 3 aromatic heterocycles. The summed E-state index contributed by atoms with van der Waals surface area (Å²) in [6, 6.07) is 3.62. The molecule has 1 saturated heterocycles. The molecule has 1 aliphatic heterocycles. The number of carbonyl (C=O) groups excluding carboxylic acids is 2. The van der Waals surface area contributed by atoms with Crippen LogP contribution >= 0.6 is 0 Å². The van der Waals surface area contributed by atoms with E-state index in [1.54, 1.807) is 56.9 Å².